The van der Waals surface area contributed by atoms with E-state index in [4.69, 9.17) is 4.74 Å². The fourth-order valence-corrected chi connectivity index (χ4v) is 3.28. The summed E-state index contributed by atoms with van der Waals surface area (Å²) in [5, 5.41) is 3.62. The average molecular weight is 290 g/mol. The highest BCUT2D eigenvalue weighted by atomic mass is 16.5. The monoisotopic (exact) mass is 290 g/mol. The molecule has 0 aromatic heterocycles. The van der Waals surface area contributed by atoms with Crippen LogP contribution in [0.1, 0.15) is 33.6 Å². The van der Waals surface area contributed by atoms with Gasteiger partial charge in [-0.15, -0.1) is 0 Å². The maximum Gasteiger partial charge on any atom is 0.119 e. The number of rotatable bonds is 7. The van der Waals surface area contributed by atoms with Gasteiger partial charge in [-0.1, -0.05) is 32.0 Å². The molecule has 0 amide bonds. The number of hydrogen-bond acceptors (Lipinski definition) is 3. The van der Waals surface area contributed by atoms with E-state index in [9.17, 15) is 0 Å². The molecule has 3 atom stereocenters. The van der Waals surface area contributed by atoms with Crippen LogP contribution < -0.4 is 10.1 Å². The van der Waals surface area contributed by atoms with E-state index in [0.717, 1.165) is 31.9 Å². The highest BCUT2D eigenvalue weighted by molar-refractivity contribution is 5.20. The van der Waals surface area contributed by atoms with Gasteiger partial charge in [0.2, 0.25) is 0 Å². The molecule has 1 aromatic carbocycles. The largest absolute Gasteiger partial charge is 0.494 e. The predicted molar refractivity (Wildman–Crippen MR) is 88.8 cm³/mol. The van der Waals surface area contributed by atoms with E-state index in [1.165, 1.54) is 13.0 Å². The van der Waals surface area contributed by atoms with E-state index in [-0.39, 0.29) is 0 Å². The van der Waals surface area contributed by atoms with Crippen molar-refractivity contribution in [3.63, 3.8) is 0 Å². The van der Waals surface area contributed by atoms with Gasteiger partial charge in [0.15, 0.2) is 0 Å². The van der Waals surface area contributed by atoms with Gasteiger partial charge in [-0.05, 0) is 50.9 Å². The lowest BCUT2D eigenvalue weighted by molar-refractivity contribution is 0.0804. The lowest BCUT2D eigenvalue weighted by Crippen LogP contribution is -2.53. The zero-order valence-electron chi connectivity index (χ0n) is 13.7. The van der Waals surface area contributed by atoms with Crippen LogP contribution in [-0.2, 0) is 0 Å². The number of hydrogen-bond donors (Lipinski definition) is 1. The van der Waals surface area contributed by atoms with Crippen LogP contribution in [0.5, 0.6) is 5.75 Å². The number of benzene rings is 1. The summed E-state index contributed by atoms with van der Waals surface area (Å²) in [6.07, 6.45) is 2.36. The molecule has 2 rings (SSSR count). The van der Waals surface area contributed by atoms with Crippen molar-refractivity contribution in [2.75, 3.05) is 26.2 Å². The van der Waals surface area contributed by atoms with E-state index in [0.29, 0.717) is 18.0 Å². The maximum atomic E-state index is 5.78. The Kier molecular flexibility index (Phi) is 6.52. The van der Waals surface area contributed by atoms with Crippen molar-refractivity contribution in [1.82, 2.24) is 10.2 Å². The van der Waals surface area contributed by atoms with Crippen molar-refractivity contribution in [1.29, 1.82) is 0 Å². The molecule has 1 aliphatic heterocycles. The number of nitrogens with one attached hydrogen (secondary N) is 1. The summed E-state index contributed by atoms with van der Waals surface area (Å²) in [5.74, 6) is 1.69. The fraction of sp³-hybridized carbons (Fsp3) is 0.667. The molecule has 1 N–H and O–H groups in total. The van der Waals surface area contributed by atoms with Crippen molar-refractivity contribution < 1.29 is 4.74 Å². The predicted octanol–water partition coefficient (Wildman–Crippen LogP) is 3.16. The van der Waals surface area contributed by atoms with Gasteiger partial charge in [0.25, 0.3) is 0 Å². The first-order valence-corrected chi connectivity index (χ1v) is 8.37. The van der Waals surface area contributed by atoms with Crippen LogP contribution in [0.25, 0.3) is 0 Å². The third-order valence-electron chi connectivity index (χ3n) is 4.77. The summed E-state index contributed by atoms with van der Waals surface area (Å²) in [6, 6.07) is 11.4. The van der Waals surface area contributed by atoms with Crippen LogP contribution in [0.3, 0.4) is 0 Å². The van der Waals surface area contributed by atoms with Gasteiger partial charge in [0.1, 0.15) is 5.75 Å². The molecule has 21 heavy (non-hydrogen) atoms. The number of likely N-dealkylation sites (tertiary alicyclic amines) is 1. The Morgan fingerprint density at radius 2 is 2.00 bits per heavy atom. The van der Waals surface area contributed by atoms with Crippen LogP contribution in [0.2, 0.25) is 0 Å². The molecule has 0 aliphatic carbocycles. The maximum absolute atomic E-state index is 5.78. The Labute approximate surface area is 129 Å². The van der Waals surface area contributed by atoms with E-state index in [2.05, 4.69) is 31.0 Å². The minimum Gasteiger partial charge on any atom is -0.494 e. The summed E-state index contributed by atoms with van der Waals surface area (Å²) >= 11 is 0. The van der Waals surface area contributed by atoms with Crippen molar-refractivity contribution in [2.24, 2.45) is 5.92 Å². The first kappa shape index (κ1) is 16.3. The van der Waals surface area contributed by atoms with Gasteiger partial charge in [0.05, 0.1) is 6.61 Å². The van der Waals surface area contributed by atoms with Gasteiger partial charge in [0, 0.05) is 18.6 Å². The summed E-state index contributed by atoms with van der Waals surface area (Å²) in [5.41, 5.74) is 0. The van der Waals surface area contributed by atoms with Crippen molar-refractivity contribution in [3.8, 4) is 5.75 Å². The Bertz CT molecular complexity index is 395. The smallest absolute Gasteiger partial charge is 0.119 e. The molecule has 3 nitrogen and oxygen atoms in total. The van der Waals surface area contributed by atoms with Crippen molar-refractivity contribution in [2.45, 2.75) is 45.7 Å². The van der Waals surface area contributed by atoms with Crippen LogP contribution in [0.4, 0.5) is 0 Å². The van der Waals surface area contributed by atoms with Crippen LogP contribution in [0.15, 0.2) is 30.3 Å². The highest BCUT2D eigenvalue weighted by Gasteiger charge is 2.31. The molecule has 0 spiro atoms. The van der Waals surface area contributed by atoms with Gasteiger partial charge in [-0.25, -0.2) is 0 Å². The summed E-state index contributed by atoms with van der Waals surface area (Å²) in [7, 11) is 0. The lowest BCUT2D eigenvalue weighted by atomic mass is 9.87. The minimum absolute atomic E-state index is 0.652. The zero-order chi connectivity index (χ0) is 15.1. The third kappa shape index (κ3) is 4.72. The molecule has 1 heterocycles. The first-order chi connectivity index (χ1) is 10.2. The number of nitrogens with zero attached hydrogens (tertiary/aromatic N) is 1. The highest BCUT2D eigenvalue weighted by Crippen LogP contribution is 2.23. The molecule has 1 aromatic rings. The van der Waals surface area contributed by atoms with Crippen molar-refractivity contribution in [3.05, 3.63) is 30.3 Å². The molecule has 118 valence electrons. The summed E-state index contributed by atoms with van der Waals surface area (Å²) in [6.45, 7) is 11.2. The Hall–Kier alpha value is -1.06. The lowest BCUT2D eigenvalue weighted by Gasteiger charge is -2.43. The second kappa shape index (κ2) is 8.40. The standard InChI is InChI=1S/C18H30N2O/c1-4-19-18-11-13-20(16(3)15(18)2)12-8-14-21-17-9-6-5-7-10-17/h5-7,9-10,15-16,18-19H,4,8,11-14H2,1-3H3. The molecule has 1 fully saturated rings. The van der Waals surface area contributed by atoms with E-state index in [1.807, 2.05) is 30.3 Å². The van der Waals surface area contributed by atoms with Gasteiger partial charge >= 0.3 is 0 Å². The molecule has 3 heteroatoms. The van der Waals surface area contributed by atoms with Gasteiger partial charge in [-0.2, -0.15) is 0 Å². The normalized spacial score (nSPS) is 26.7. The molecule has 1 aliphatic rings. The Balaban J connectivity index is 1.69. The van der Waals surface area contributed by atoms with Crippen LogP contribution in [-0.4, -0.2) is 43.2 Å². The number of para-hydroxylation sites is 1. The van der Waals surface area contributed by atoms with Gasteiger partial charge < -0.3 is 15.0 Å². The molecular formula is C18H30N2O. The second-order valence-corrected chi connectivity index (χ2v) is 6.10. The number of ether oxygens (including phenoxy) is 1. The Morgan fingerprint density at radius 3 is 2.71 bits per heavy atom. The third-order valence-corrected chi connectivity index (χ3v) is 4.77. The minimum atomic E-state index is 0.652. The Morgan fingerprint density at radius 1 is 1.24 bits per heavy atom. The second-order valence-electron chi connectivity index (χ2n) is 6.10. The quantitative estimate of drug-likeness (QED) is 0.781. The van der Waals surface area contributed by atoms with Crippen molar-refractivity contribution >= 4 is 0 Å². The fourth-order valence-electron chi connectivity index (χ4n) is 3.28. The number of piperidine rings is 1. The molecule has 0 radical (unpaired) electrons. The SMILES string of the molecule is CCNC1CCN(CCCOc2ccccc2)C(C)C1C. The molecule has 0 saturated carbocycles. The molecule has 1 saturated heterocycles. The van der Waals surface area contributed by atoms with E-state index < -0.39 is 0 Å². The zero-order valence-corrected chi connectivity index (χ0v) is 13.7. The van der Waals surface area contributed by atoms with Gasteiger partial charge in [-0.3, -0.25) is 0 Å². The molecule has 0 bridgehead atoms. The molecular weight excluding hydrogens is 260 g/mol. The summed E-state index contributed by atoms with van der Waals surface area (Å²) < 4.78 is 5.78. The topological polar surface area (TPSA) is 24.5 Å². The van der Waals surface area contributed by atoms with E-state index >= 15 is 0 Å². The van der Waals surface area contributed by atoms with E-state index in [1.54, 1.807) is 0 Å². The first-order valence-electron chi connectivity index (χ1n) is 8.37. The summed E-state index contributed by atoms with van der Waals surface area (Å²) in [4.78, 5) is 2.62. The molecule has 3 unspecified atom stereocenters. The average Bonchev–Trinajstić information content (AvgIpc) is 2.51. The van der Waals surface area contributed by atoms with Crippen LogP contribution in [0, 0.1) is 5.92 Å². The van der Waals surface area contributed by atoms with Crippen LogP contribution >= 0.6 is 0 Å².